The zero-order chi connectivity index (χ0) is 19.4. The Balaban J connectivity index is 2.25. The van der Waals surface area contributed by atoms with Crippen molar-refractivity contribution < 1.29 is 9.53 Å². The van der Waals surface area contributed by atoms with E-state index in [0.717, 1.165) is 16.5 Å². The van der Waals surface area contributed by atoms with Gasteiger partial charge in [0.05, 0.1) is 5.41 Å². The van der Waals surface area contributed by atoms with E-state index in [1.54, 1.807) is 0 Å². The van der Waals surface area contributed by atoms with E-state index in [4.69, 9.17) is 9.72 Å². The third-order valence-corrected chi connectivity index (χ3v) is 5.54. The van der Waals surface area contributed by atoms with E-state index >= 15 is 0 Å². The summed E-state index contributed by atoms with van der Waals surface area (Å²) in [6.07, 6.45) is 10.00. The van der Waals surface area contributed by atoms with Gasteiger partial charge in [0.2, 0.25) is 0 Å². The Hall–Kier alpha value is -1.30. The first-order valence-corrected chi connectivity index (χ1v) is 10.8. The molecule has 1 aliphatic carbocycles. The molecule has 26 heavy (non-hydrogen) atoms. The molecule has 0 saturated heterocycles. The lowest BCUT2D eigenvalue weighted by Crippen LogP contribution is -2.37. The summed E-state index contributed by atoms with van der Waals surface area (Å²) in [5.74, 6) is 0.716. The lowest BCUT2D eigenvalue weighted by Gasteiger charge is -2.31. The highest BCUT2D eigenvalue weighted by molar-refractivity contribution is 7.98. The molecule has 6 heteroatoms. The predicted molar refractivity (Wildman–Crippen MR) is 108 cm³/mol. The third-order valence-electron chi connectivity index (χ3n) is 4.97. The number of carbonyl (C=O) groups excluding carboxylic acids is 1. The van der Waals surface area contributed by atoms with E-state index in [1.807, 2.05) is 47.1 Å². The van der Waals surface area contributed by atoms with E-state index < -0.39 is 11.0 Å². The van der Waals surface area contributed by atoms with Crippen molar-refractivity contribution in [3.63, 3.8) is 0 Å². The van der Waals surface area contributed by atoms with Gasteiger partial charge in [-0.1, -0.05) is 31.5 Å². The molecule has 0 bridgehead atoms. The molecule has 1 N–H and O–H groups in total. The van der Waals surface area contributed by atoms with Crippen LogP contribution in [0.1, 0.15) is 72.3 Å². The van der Waals surface area contributed by atoms with Crippen molar-refractivity contribution >= 4 is 23.5 Å². The van der Waals surface area contributed by atoms with Gasteiger partial charge in [-0.2, -0.15) is 0 Å². The van der Waals surface area contributed by atoms with Crippen LogP contribution in [0.5, 0.6) is 0 Å². The van der Waals surface area contributed by atoms with Crippen LogP contribution < -0.4 is 5.32 Å². The summed E-state index contributed by atoms with van der Waals surface area (Å²) < 4.78 is 5.68. The normalized spacial score (nSPS) is 17.8. The molecule has 0 amide bonds. The number of aromatic nitrogens is 2. The van der Waals surface area contributed by atoms with Gasteiger partial charge in [0.25, 0.3) is 0 Å². The monoisotopic (exact) mass is 379 g/mol. The van der Waals surface area contributed by atoms with Crippen LogP contribution in [0.25, 0.3) is 0 Å². The van der Waals surface area contributed by atoms with Gasteiger partial charge >= 0.3 is 5.97 Å². The number of anilines is 1. The summed E-state index contributed by atoms with van der Waals surface area (Å²) in [6, 6.07) is 0.466. The summed E-state index contributed by atoms with van der Waals surface area (Å²) >= 11 is 1.53. The molecule has 146 valence electrons. The summed E-state index contributed by atoms with van der Waals surface area (Å²) in [7, 11) is 0. The van der Waals surface area contributed by atoms with Crippen LogP contribution in [0, 0.1) is 5.41 Å². The number of nitrogens with one attached hydrogen (secondary N) is 1. The number of esters is 1. The molecule has 1 aliphatic rings. The number of ether oxygens (including phenoxy) is 1. The fraction of sp³-hybridized carbons (Fsp3) is 0.750. The van der Waals surface area contributed by atoms with E-state index in [-0.39, 0.29) is 5.97 Å². The van der Waals surface area contributed by atoms with Gasteiger partial charge in [-0.05, 0) is 59.6 Å². The number of rotatable bonds is 7. The summed E-state index contributed by atoms with van der Waals surface area (Å²) in [5.41, 5.74) is -0.0914. The van der Waals surface area contributed by atoms with Gasteiger partial charge in [0, 0.05) is 17.8 Å². The van der Waals surface area contributed by atoms with Crippen LogP contribution in [0.3, 0.4) is 0 Å². The van der Waals surface area contributed by atoms with Crippen molar-refractivity contribution in [1.29, 1.82) is 0 Å². The largest absolute Gasteiger partial charge is 0.460 e. The lowest BCUT2D eigenvalue weighted by molar-refractivity contribution is -0.166. The molecule has 1 fully saturated rings. The number of carbonyl (C=O) groups is 1. The SMILES string of the molecule is CCC(C)(Cc1cnc(SC)nc1NC1CCCC1)C(=O)OC(C)(C)C. The Kier molecular flexibility index (Phi) is 6.94. The van der Waals surface area contributed by atoms with Crippen molar-refractivity contribution in [2.45, 2.75) is 89.9 Å². The summed E-state index contributed by atoms with van der Waals surface area (Å²) in [5, 5.41) is 4.36. The predicted octanol–water partition coefficient (Wildman–Crippen LogP) is 4.85. The zero-order valence-electron chi connectivity index (χ0n) is 17.0. The molecule has 0 aromatic carbocycles. The molecule has 1 heterocycles. The van der Waals surface area contributed by atoms with Crippen molar-refractivity contribution in [1.82, 2.24) is 9.97 Å². The van der Waals surface area contributed by atoms with Crippen LogP contribution in [0.4, 0.5) is 5.82 Å². The first-order chi connectivity index (χ1) is 12.2. The molecule has 2 rings (SSSR count). The molecule has 0 spiro atoms. The quantitative estimate of drug-likeness (QED) is 0.415. The molecule has 5 nitrogen and oxygen atoms in total. The minimum absolute atomic E-state index is 0.159. The second kappa shape index (κ2) is 8.59. The zero-order valence-corrected chi connectivity index (χ0v) is 17.8. The van der Waals surface area contributed by atoms with Crippen LogP contribution in [-0.2, 0) is 16.0 Å². The van der Waals surface area contributed by atoms with Crippen molar-refractivity contribution in [3.8, 4) is 0 Å². The molecule has 1 unspecified atom stereocenters. The topological polar surface area (TPSA) is 64.1 Å². The first-order valence-electron chi connectivity index (χ1n) is 9.57. The second-order valence-electron chi connectivity index (χ2n) is 8.45. The molecule has 1 aromatic heterocycles. The van der Waals surface area contributed by atoms with Crippen LogP contribution in [0.15, 0.2) is 11.4 Å². The highest BCUT2D eigenvalue weighted by Crippen LogP contribution is 2.33. The minimum Gasteiger partial charge on any atom is -0.460 e. The second-order valence-corrected chi connectivity index (χ2v) is 9.22. The van der Waals surface area contributed by atoms with Crippen molar-refractivity contribution in [2.75, 3.05) is 11.6 Å². The van der Waals surface area contributed by atoms with Gasteiger partial charge in [-0.25, -0.2) is 9.97 Å². The van der Waals surface area contributed by atoms with Gasteiger partial charge in [-0.3, -0.25) is 4.79 Å². The molecule has 1 atom stereocenters. The molecular formula is C20H33N3O2S. The molecule has 1 saturated carbocycles. The molecule has 0 radical (unpaired) electrons. The number of nitrogens with zero attached hydrogens (tertiary/aromatic N) is 2. The van der Waals surface area contributed by atoms with E-state index in [1.165, 1.54) is 37.4 Å². The number of hydrogen-bond acceptors (Lipinski definition) is 6. The van der Waals surface area contributed by atoms with Gasteiger partial charge < -0.3 is 10.1 Å². The average molecular weight is 380 g/mol. The molecule has 1 aromatic rings. The Morgan fingerprint density at radius 1 is 1.31 bits per heavy atom. The fourth-order valence-electron chi connectivity index (χ4n) is 3.17. The van der Waals surface area contributed by atoms with Crippen LogP contribution >= 0.6 is 11.8 Å². The maximum Gasteiger partial charge on any atom is 0.312 e. The van der Waals surface area contributed by atoms with Crippen molar-refractivity contribution in [2.24, 2.45) is 5.41 Å². The standard InChI is InChI=1S/C20H33N3O2S/c1-7-20(5,17(24)25-19(2,3)4)12-14-13-21-18(26-6)23-16(14)22-15-10-8-9-11-15/h13,15H,7-12H2,1-6H3,(H,21,22,23). The maximum absolute atomic E-state index is 12.8. The average Bonchev–Trinajstić information content (AvgIpc) is 3.07. The molecular weight excluding hydrogens is 346 g/mol. The number of thioether (sulfide) groups is 1. The number of hydrogen-bond donors (Lipinski definition) is 1. The Morgan fingerprint density at radius 3 is 2.50 bits per heavy atom. The van der Waals surface area contributed by atoms with Gasteiger partial charge in [-0.15, -0.1) is 0 Å². The van der Waals surface area contributed by atoms with Crippen LogP contribution in [0.2, 0.25) is 0 Å². The first kappa shape index (κ1) is 21.0. The lowest BCUT2D eigenvalue weighted by atomic mass is 9.81. The minimum atomic E-state index is -0.594. The van der Waals surface area contributed by atoms with E-state index in [0.29, 0.717) is 18.9 Å². The Morgan fingerprint density at radius 2 is 1.96 bits per heavy atom. The highest BCUT2D eigenvalue weighted by atomic mass is 32.2. The highest BCUT2D eigenvalue weighted by Gasteiger charge is 2.37. The summed E-state index contributed by atoms with van der Waals surface area (Å²) in [6.45, 7) is 9.73. The smallest absolute Gasteiger partial charge is 0.312 e. The fourth-order valence-corrected chi connectivity index (χ4v) is 3.51. The van der Waals surface area contributed by atoms with Gasteiger partial charge in [0.1, 0.15) is 11.4 Å². The third kappa shape index (κ3) is 5.60. The maximum atomic E-state index is 12.8. The van der Waals surface area contributed by atoms with E-state index in [2.05, 4.69) is 10.3 Å². The summed E-state index contributed by atoms with van der Waals surface area (Å²) in [4.78, 5) is 21.9. The van der Waals surface area contributed by atoms with E-state index in [9.17, 15) is 4.79 Å². The van der Waals surface area contributed by atoms with Crippen LogP contribution in [-0.4, -0.2) is 33.8 Å². The Bertz CT molecular complexity index is 624. The Labute approximate surface area is 162 Å². The van der Waals surface area contributed by atoms with Crippen molar-refractivity contribution in [3.05, 3.63) is 11.8 Å². The van der Waals surface area contributed by atoms with Gasteiger partial charge in [0.15, 0.2) is 5.16 Å². The molecule has 0 aliphatic heterocycles.